The van der Waals surface area contributed by atoms with Crippen LogP contribution < -0.4 is 0 Å². The Balaban J connectivity index is 2.90. The fourth-order valence-corrected chi connectivity index (χ4v) is 0.832. The molecule has 11 heavy (non-hydrogen) atoms. The van der Waals surface area contributed by atoms with Gasteiger partial charge in [0.15, 0.2) is 0 Å². The van der Waals surface area contributed by atoms with E-state index in [1.165, 1.54) is 0 Å². The highest BCUT2D eigenvalue weighted by molar-refractivity contribution is 5.55. The molecule has 1 heteroatoms. The van der Waals surface area contributed by atoms with Crippen molar-refractivity contribution in [1.29, 1.82) is 5.26 Å². The molecule has 0 aliphatic carbocycles. The first-order valence-electron chi connectivity index (χ1n) is 3.46. The molecule has 1 aromatic carbocycles. The molecule has 0 spiro atoms. The van der Waals surface area contributed by atoms with E-state index in [-0.39, 0.29) is 0 Å². The molecule has 0 saturated carbocycles. The zero-order valence-corrected chi connectivity index (χ0v) is 6.41. The third kappa shape index (κ3) is 2.27. The minimum atomic E-state index is 0.733. The maximum Gasteiger partial charge on any atom is 0.0944 e. The third-order valence-electron chi connectivity index (χ3n) is 1.36. The fraction of sp³-hybridized carbons (Fsp3) is 0.100. The topological polar surface area (TPSA) is 23.8 Å². The first kappa shape index (κ1) is 7.56. The van der Waals surface area contributed by atoms with Crippen molar-refractivity contribution in [3.63, 3.8) is 0 Å². The van der Waals surface area contributed by atoms with Crippen LogP contribution in [-0.2, 0) is 0 Å². The average Bonchev–Trinajstić information content (AvgIpc) is 2.06. The summed E-state index contributed by atoms with van der Waals surface area (Å²) in [5.41, 5.74) is 1.81. The molecule has 0 unspecified atom stereocenters. The SMILES string of the molecule is CC(C#N)=Cc1ccccc1. The van der Waals surface area contributed by atoms with Gasteiger partial charge in [-0.15, -0.1) is 0 Å². The Labute approximate surface area is 66.6 Å². The number of allylic oxidation sites excluding steroid dienone is 1. The summed E-state index contributed by atoms with van der Waals surface area (Å²) in [5, 5.41) is 8.48. The minimum Gasteiger partial charge on any atom is -0.193 e. The van der Waals surface area contributed by atoms with Crippen LogP contribution in [0, 0.1) is 11.3 Å². The zero-order valence-electron chi connectivity index (χ0n) is 6.41. The lowest BCUT2D eigenvalue weighted by molar-refractivity contribution is 1.46. The normalized spacial score (nSPS) is 10.7. The van der Waals surface area contributed by atoms with Gasteiger partial charge in [0.1, 0.15) is 0 Å². The van der Waals surface area contributed by atoms with E-state index in [2.05, 4.69) is 6.07 Å². The molecular formula is C10H9N. The molecule has 0 heterocycles. The van der Waals surface area contributed by atoms with Crippen molar-refractivity contribution < 1.29 is 0 Å². The molecule has 1 aromatic rings. The fourth-order valence-electron chi connectivity index (χ4n) is 0.832. The lowest BCUT2D eigenvalue weighted by Crippen LogP contribution is -1.71. The van der Waals surface area contributed by atoms with E-state index in [9.17, 15) is 0 Å². The van der Waals surface area contributed by atoms with Crippen LogP contribution in [0.3, 0.4) is 0 Å². The van der Waals surface area contributed by atoms with Gasteiger partial charge in [-0.3, -0.25) is 0 Å². The number of rotatable bonds is 1. The van der Waals surface area contributed by atoms with Gasteiger partial charge >= 0.3 is 0 Å². The van der Waals surface area contributed by atoms with Crippen molar-refractivity contribution in [2.24, 2.45) is 0 Å². The average molecular weight is 143 g/mol. The molecule has 0 N–H and O–H groups in total. The standard InChI is InChI=1S/C10H9N/c1-9(8-11)7-10-5-3-2-4-6-10/h2-7H,1H3. The van der Waals surface area contributed by atoms with Gasteiger partial charge in [0.25, 0.3) is 0 Å². The number of hydrogen-bond donors (Lipinski definition) is 0. The van der Waals surface area contributed by atoms with Crippen molar-refractivity contribution in [3.8, 4) is 6.07 Å². The van der Waals surface area contributed by atoms with Gasteiger partial charge < -0.3 is 0 Å². The quantitative estimate of drug-likeness (QED) is 0.554. The van der Waals surface area contributed by atoms with Crippen LogP contribution in [0.4, 0.5) is 0 Å². The van der Waals surface area contributed by atoms with Gasteiger partial charge in [0.05, 0.1) is 6.07 Å². The van der Waals surface area contributed by atoms with Crippen LogP contribution in [-0.4, -0.2) is 0 Å². The smallest absolute Gasteiger partial charge is 0.0944 e. The maximum atomic E-state index is 8.48. The van der Waals surface area contributed by atoms with Crippen LogP contribution in [0.5, 0.6) is 0 Å². The molecule has 0 radical (unpaired) electrons. The molecule has 0 amide bonds. The van der Waals surface area contributed by atoms with Crippen molar-refractivity contribution in [2.75, 3.05) is 0 Å². The van der Waals surface area contributed by atoms with Crippen molar-refractivity contribution in [2.45, 2.75) is 6.92 Å². The summed E-state index contributed by atoms with van der Waals surface area (Å²) in [5.74, 6) is 0. The number of nitriles is 1. The Morgan fingerprint density at radius 3 is 2.55 bits per heavy atom. The Morgan fingerprint density at radius 2 is 2.00 bits per heavy atom. The van der Waals surface area contributed by atoms with Crippen molar-refractivity contribution >= 4 is 6.08 Å². The van der Waals surface area contributed by atoms with Gasteiger partial charge in [-0.2, -0.15) is 5.26 Å². The Morgan fingerprint density at radius 1 is 1.36 bits per heavy atom. The van der Waals surface area contributed by atoms with Gasteiger partial charge in [-0.05, 0) is 18.6 Å². The summed E-state index contributed by atoms with van der Waals surface area (Å²) < 4.78 is 0. The molecule has 0 aliphatic rings. The number of hydrogen-bond acceptors (Lipinski definition) is 1. The highest BCUT2D eigenvalue weighted by Gasteiger charge is 1.85. The summed E-state index contributed by atoms with van der Waals surface area (Å²) in [6.45, 7) is 1.80. The summed E-state index contributed by atoms with van der Waals surface area (Å²) in [6.07, 6.45) is 1.86. The van der Waals surface area contributed by atoms with Gasteiger partial charge in [0.2, 0.25) is 0 Å². The molecule has 0 bridgehead atoms. The molecule has 0 aliphatic heterocycles. The lowest BCUT2D eigenvalue weighted by Gasteiger charge is -1.90. The van der Waals surface area contributed by atoms with E-state index in [0.717, 1.165) is 11.1 Å². The highest BCUT2D eigenvalue weighted by atomic mass is 14.2. The second kappa shape index (κ2) is 3.58. The molecule has 54 valence electrons. The summed E-state index contributed by atoms with van der Waals surface area (Å²) in [4.78, 5) is 0. The van der Waals surface area contributed by atoms with Crippen LogP contribution in [0.2, 0.25) is 0 Å². The van der Waals surface area contributed by atoms with E-state index in [0.29, 0.717) is 0 Å². The lowest BCUT2D eigenvalue weighted by atomic mass is 10.1. The molecule has 0 aromatic heterocycles. The van der Waals surface area contributed by atoms with E-state index in [4.69, 9.17) is 5.26 Å². The summed E-state index contributed by atoms with van der Waals surface area (Å²) >= 11 is 0. The monoisotopic (exact) mass is 143 g/mol. The van der Waals surface area contributed by atoms with E-state index >= 15 is 0 Å². The van der Waals surface area contributed by atoms with Crippen LogP contribution in [0.1, 0.15) is 12.5 Å². The molecule has 0 atom stereocenters. The van der Waals surface area contributed by atoms with E-state index < -0.39 is 0 Å². The first-order valence-corrected chi connectivity index (χ1v) is 3.46. The van der Waals surface area contributed by atoms with Crippen LogP contribution in [0.25, 0.3) is 6.08 Å². The van der Waals surface area contributed by atoms with E-state index in [1.807, 2.05) is 36.4 Å². The zero-order chi connectivity index (χ0) is 8.10. The van der Waals surface area contributed by atoms with E-state index in [1.54, 1.807) is 6.92 Å². The molecule has 1 nitrogen and oxygen atoms in total. The van der Waals surface area contributed by atoms with Crippen molar-refractivity contribution in [1.82, 2.24) is 0 Å². The van der Waals surface area contributed by atoms with Crippen LogP contribution >= 0.6 is 0 Å². The molecule has 1 rings (SSSR count). The number of benzene rings is 1. The number of nitrogens with zero attached hydrogens (tertiary/aromatic N) is 1. The third-order valence-corrected chi connectivity index (χ3v) is 1.36. The van der Waals surface area contributed by atoms with Gasteiger partial charge in [-0.1, -0.05) is 30.3 Å². The summed E-state index contributed by atoms with van der Waals surface area (Å²) in [7, 11) is 0. The Kier molecular flexibility index (Phi) is 2.46. The minimum absolute atomic E-state index is 0.733. The Bertz CT molecular complexity index is 290. The predicted molar refractivity (Wildman–Crippen MR) is 45.7 cm³/mol. The van der Waals surface area contributed by atoms with Crippen LogP contribution in [0.15, 0.2) is 35.9 Å². The Hall–Kier alpha value is -1.55. The van der Waals surface area contributed by atoms with Gasteiger partial charge in [0, 0.05) is 5.57 Å². The maximum absolute atomic E-state index is 8.48. The second-order valence-electron chi connectivity index (χ2n) is 2.35. The highest BCUT2D eigenvalue weighted by Crippen LogP contribution is 2.04. The predicted octanol–water partition coefficient (Wildman–Crippen LogP) is 2.61. The second-order valence-corrected chi connectivity index (χ2v) is 2.35. The molecular weight excluding hydrogens is 134 g/mol. The largest absolute Gasteiger partial charge is 0.193 e. The first-order chi connectivity index (χ1) is 5.33. The van der Waals surface area contributed by atoms with Gasteiger partial charge in [-0.25, -0.2) is 0 Å². The molecule has 0 saturated heterocycles. The van der Waals surface area contributed by atoms with Crippen molar-refractivity contribution in [3.05, 3.63) is 41.5 Å². The summed E-state index contributed by atoms with van der Waals surface area (Å²) in [6, 6.07) is 11.9. The molecule has 0 fully saturated rings.